The molecule has 0 unspecified atom stereocenters. The summed E-state index contributed by atoms with van der Waals surface area (Å²) in [6.07, 6.45) is 4.24. The molecule has 0 aliphatic heterocycles. The number of carbonyl (C=O) groups excluding carboxylic acids is 2. The van der Waals surface area contributed by atoms with Gasteiger partial charge in [0.2, 0.25) is 11.8 Å². The Kier molecular flexibility index (Phi) is 8.96. The molecule has 4 nitrogen and oxygen atoms in total. The normalized spacial score (nSPS) is 15.0. The molecule has 2 aromatic rings. The molecule has 2 aromatic carbocycles. The Morgan fingerprint density at radius 1 is 1.06 bits per heavy atom. The predicted octanol–water partition coefficient (Wildman–Crippen LogP) is 6.22. The Bertz CT molecular complexity index is 918. The zero-order valence-corrected chi connectivity index (χ0v) is 20.3. The fraction of sp³-hybridized carbons (Fsp3) is 0.391. The lowest BCUT2D eigenvalue weighted by molar-refractivity contribution is -0.138. The summed E-state index contributed by atoms with van der Waals surface area (Å²) < 4.78 is 0. The summed E-state index contributed by atoms with van der Waals surface area (Å²) in [6.45, 7) is 2.04. The Morgan fingerprint density at radius 3 is 2.39 bits per heavy atom. The third kappa shape index (κ3) is 7.04. The van der Waals surface area contributed by atoms with Crippen LogP contribution < -0.4 is 5.32 Å². The lowest BCUT2D eigenvalue weighted by atomic mass is 10.1. The minimum absolute atomic E-state index is 0.125. The summed E-state index contributed by atoms with van der Waals surface area (Å²) in [7, 11) is 0. The lowest BCUT2D eigenvalue weighted by Gasteiger charge is -2.29. The predicted molar refractivity (Wildman–Crippen MR) is 129 cm³/mol. The van der Waals surface area contributed by atoms with Crippen LogP contribution in [-0.4, -0.2) is 34.6 Å². The number of amides is 2. The maximum Gasteiger partial charge on any atom is 0.242 e. The molecule has 1 fully saturated rings. The van der Waals surface area contributed by atoms with E-state index in [2.05, 4.69) is 5.32 Å². The molecule has 1 aliphatic carbocycles. The third-order valence-corrected chi connectivity index (χ3v) is 7.37. The van der Waals surface area contributed by atoms with E-state index in [4.69, 9.17) is 34.8 Å². The van der Waals surface area contributed by atoms with E-state index < -0.39 is 6.04 Å². The first-order valence-electron chi connectivity index (χ1n) is 10.3. The van der Waals surface area contributed by atoms with Gasteiger partial charge in [-0.1, -0.05) is 53.7 Å². The van der Waals surface area contributed by atoms with Gasteiger partial charge in [0.15, 0.2) is 0 Å². The highest BCUT2D eigenvalue weighted by atomic mass is 35.5. The zero-order chi connectivity index (χ0) is 22.4. The SMILES string of the molecule is C[C@@H](C(=O)NC1CCCC1)N(Cc1ccc(Cl)c(Cl)c1)C(=O)CSc1ccc(Cl)cc1. The van der Waals surface area contributed by atoms with Gasteiger partial charge in [-0.15, -0.1) is 11.8 Å². The summed E-state index contributed by atoms with van der Waals surface area (Å²) >= 11 is 19.5. The van der Waals surface area contributed by atoms with Gasteiger partial charge < -0.3 is 10.2 Å². The zero-order valence-electron chi connectivity index (χ0n) is 17.2. The van der Waals surface area contributed by atoms with E-state index in [1.54, 1.807) is 36.1 Å². The first-order valence-corrected chi connectivity index (χ1v) is 12.4. The number of thioether (sulfide) groups is 1. The van der Waals surface area contributed by atoms with Crippen LogP contribution in [0.5, 0.6) is 0 Å². The van der Waals surface area contributed by atoms with Crippen molar-refractivity contribution in [3.05, 3.63) is 63.1 Å². The number of hydrogen-bond donors (Lipinski definition) is 1. The summed E-state index contributed by atoms with van der Waals surface area (Å²) in [5, 5.41) is 4.62. The number of rotatable bonds is 8. The topological polar surface area (TPSA) is 49.4 Å². The van der Waals surface area contributed by atoms with E-state index in [-0.39, 0.29) is 30.2 Å². The second-order valence-electron chi connectivity index (χ2n) is 7.68. The number of nitrogens with one attached hydrogen (secondary N) is 1. The van der Waals surface area contributed by atoms with Crippen LogP contribution in [0.2, 0.25) is 15.1 Å². The molecule has 0 radical (unpaired) electrons. The van der Waals surface area contributed by atoms with Crippen LogP contribution in [0.25, 0.3) is 0 Å². The number of benzene rings is 2. The Morgan fingerprint density at radius 2 is 1.74 bits per heavy atom. The molecule has 31 heavy (non-hydrogen) atoms. The molecule has 3 rings (SSSR count). The van der Waals surface area contributed by atoms with Crippen molar-refractivity contribution in [3.63, 3.8) is 0 Å². The minimum atomic E-state index is -0.603. The van der Waals surface area contributed by atoms with E-state index in [0.717, 1.165) is 36.1 Å². The molecule has 166 valence electrons. The van der Waals surface area contributed by atoms with Crippen LogP contribution in [-0.2, 0) is 16.1 Å². The first-order chi connectivity index (χ1) is 14.8. The van der Waals surface area contributed by atoms with Gasteiger partial charge >= 0.3 is 0 Å². The van der Waals surface area contributed by atoms with Gasteiger partial charge in [0.25, 0.3) is 0 Å². The number of nitrogens with zero attached hydrogens (tertiary/aromatic N) is 1. The van der Waals surface area contributed by atoms with Crippen molar-refractivity contribution in [2.75, 3.05) is 5.75 Å². The summed E-state index contributed by atoms with van der Waals surface area (Å²) in [5.41, 5.74) is 0.819. The summed E-state index contributed by atoms with van der Waals surface area (Å²) in [5.74, 6) is -0.0406. The van der Waals surface area contributed by atoms with Gasteiger partial charge in [-0.25, -0.2) is 0 Å². The van der Waals surface area contributed by atoms with Crippen LogP contribution in [0.1, 0.15) is 38.2 Å². The van der Waals surface area contributed by atoms with Crippen LogP contribution in [0, 0.1) is 0 Å². The molecule has 0 aromatic heterocycles. The highest BCUT2D eigenvalue weighted by molar-refractivity contribution is 8.00. The number of halogens is 3. The second-order valence-corrected chi connectivity index (χ2v) is 9.98. The van der Waals surface area contributed by atoms with Crippen LogP contribution in [0.3, 0.4) is 0 Å². The molecule has 1 atom stereocenters. The molecule has 8 heteroatoms. The highest BCUT2D eigenvalue weighted by Gasteiger charge is 2.28. The third-order valence-electron chi connectivity index (χ3n) is 5.38. The van der Waals surface area contributed by atoms with Crippen molar-refractivity contribution >= 4 is 58.4 Å². The van der Waals surface area contributed by atoms with Crippen molar-refractivity contribution < 1.29 is 9.59 Å². The smallest absolute Gasteiger partial charge is 0.242 e. The van der Waals surface area contributed by atoms with E-state index in [9.17, 15) is 9.59 Å². The summed E-state index contributed by atoms with van der Waals surface area (Å²) in [4.78, 5) is 28.6. The standard InChI is InChI=1S/C23H25Cl3N2O2S/c1-15(23(30)27-18-4-2-3-5-18)28(13-16-6-11-20(25)21(26)12-16)22(29)14-31-19-9-7-17(24)8-10-19/h6-12,15,18H,2-5,13-14H2,1H3,(H,27,30)/t15-/m0/s1. The van der Waals surface area contributed by atoms with E-state index >= 15 is 0 Å². The van der Waals surface area contributed by atoms with Crippen molar-refractivity contribution in [2.24, 2.45) is 0 Å². The molecule has 1 N–H and O–H groups in total. The molecule has 0 spiro atoms. The Hall–Kier alpha value is -1.40. The maximum absolute atomic E-state index is 13.2. The fourth-order valence-corrected chi connectivity index (χ4v) is 4.80. The quantitative estimate of drug-likeness (QED) is 0.439. The minimum Gasteiger partial charge on any atom is -0.352 e. The molecule has 1 aliphatic rings. The van der Waals surface area contributed by atoms with E-state index in [1.807, 2.05) is 18.2 Å². The van der Waals surface area contributed by atoms with Crippen LogP contribution in [0.15, 0.2) is 47.4 Å². The van der Waals surface area contributed by atoms with Gasteiger partial charge in [0.1, 0.15) is 6.04 Å². The Balaban J connectivity index is 1.72. The van der Waals surface area contributed by atoms with Crippen LogP contribution >= 0.6 is 46.6 Å². The molecular formula is C23H25Cl3N2O2S. The lowest BCUT2D eigenvalue weighted by Crippen LogP contribution is -2.50. The van der Waals surface area contributed by atoms with Gasteiger partial charge in [-0.05, 0) is 61.7 Å². The summed E-state index contributed by atoms with van der Waals surface area (Å²) in [6, 6.07) is 12.2. The van der Waals surface area contributed by atoms with Crippen molar-refractivity contribution in [1.82, 2.24) is 10.2 Å². The molecule has 0 saturated heterocycles. The van der Waals surface area contributed by atoms with Gasteiger partial charge in [0.05, 0.1) is 15.8 Å². The maximum atomic E-state index is 13.2. The highest BCUT2D eigenvalue weighted by Crippen LogP contribution is 2.25. The number of hydrogen-bond acceptors (Lipinski definition) is 3. The van der Waals surface area contributed by atoms with Crippen molar-refractivity contribution in [1.29, 1.82) is 0 Å². The van der Waals surface area contributed by atoms with E-state index in [0.29, 0.717) is 15.1 Å². The molecule has 0 bridgehead atoms. The van der Waals surface area contributed by atoms with E-state index in [1.165, 1.54) is 11.8 Å². The van der Waals surface area contributed by atoms with Gasteiger partial charge in [0, 0.05) is 22.5 Å². The number of carbonyl (C=O) groups is 2. The first kappa shape index (κ1) is 24.2. The van der Waals surface area contributed by atoms with Gasteiger partial charge in [-0.3, -0.25) is 9.59 Å². The average molecular weight is 500 g/mol. The largest absolute Gasteiger partial charge is 0.352 e. The molecule has 1 saturated carbocycles. The Labute approximate surface area is 202 Å². The van der Waals surface area contributed by atoms with Crippen LogP contribution in [0.4, 0.5) is 0 Å². The van der Waals surface area contributed by atoms with Crippen molar-refractivity contribution in [2.45, 2.75) is 56.1 Å². The molecular weight excluding hydrogens is 475 g/mol. The van der Waals surface area contributed by atoms with Gasteiger partial charge in [-0.2, -0.15) is 0 Å². The molecule has 0 heterocycles. The molecule has 2 amide bonds. The fourth-order valence-electron chi connectivity index (χ4n) is 3.57. The monoisotopic (exact) mass is 498 g/mol. The van der Waals surface area contributed by atoms with Crippen molar-refractivity contribution in [3.8, 4) is 0 Å². The second kappa shape index (κ2) is 11.5. The average Bonchev–Trinajstić information content (AvgIpc) is 3.26.